The van der Waals surface area contributed by atoms with Crippen molar-refractivity contribution in [3.05, 3.63) is 35.9 Å². The number of hydrogen-bond donors (Lipinski definition) is 1. The van der Waals surface area contributed by atoms with Gasteiger partial charge in [0.05, 0.1) is 5.54 Å². The first kappa shape index (κ1) is 15.9. The van der Waals surface area contributed by atoms with E-state index in [4.69, 9.17) is 0 Å². The molecule has 2 atom stereocenters. The van der Waals surface area contributed by atoms with Crippen LogP contribution in [0.3, 0.4) is 0 Å². The van der Waals surface area contributed by atoms with Crippen molar-refractivity contribution < 1.29 is 0 Å². The van der Waals surface area contributed by atoms with Gasteiger partial charge in [0.2, 0.25) is 0 Å². The van der Waals surface area contributed by atoms with Gasteiger partial charge < -0.3 is 5.32 Å². The van der Waals surface area contributed by atoms with Crippen molar-refractivity contribution in [3.63, 3.8) is 0 Å². The first-order valence-electron chi connectivity index (χ1n) is 7.69. The average molecular weight is 292 g/mol. The SMILES string of the molecule is CSCCCCN1CC(C)(c2ccccc2)NCC1C. The van der Waals surface area contributed by atoms with Crippen molar-refractivity contribution in [2.24, 2.45) is 0 Å². The molecule has 0 aliphatic carbocycles. The molecular weight excluding hydrogens is 264 g/mol. The summed E-state index contributed by atoms with van der Waals surface area (Å²) in [5.74, 6) is 1.29. The molecule has 1 saturated heterocycles. The van der Waals surface area contributed by atoms with Crippen LogP contribution in [0.1, 0.15) is 32.3 Å². The van der Waals surface area contributed by atoms with Crippen molar-refractivity contribution >= 4 is 11.8 Å². The summed E-state index contributed by atoms with van der Waals surface area (Å²) < 4.78 is 0. The smallest absolute Gasteiger partial charge is 0.0535 e. The zero-order valence-corrected chi connectivity index (χ0v) is 13.9. The van der Waals surface area contributed by atoms with Gasteiger partial charge in [-0.3, -0.25) is 4.90 Å². The van der Waals surface area contributed by atoms with E-state index < -0.39 is 0 Å². The van der Waals surface area contributed by atoms with Crippen molar-refractivity contribution in [2.75, 3.05) is 31.6 Å². The van der Waals surface area contributed by atoms with Crippen molar-refractivity contribution in [1.82, 2.24) is 10.2 Å². The molecule has 0 spiro atoms. The maximum atomic E-state index is 3.75. The van der Waals surface area contributed by atoms with E-state index in [0.29, 0.717) is 6.04 Å². The molecule has 2 rings (SSSR count). The van der Waals surface area contributed by atoms with Gasteiger partial charge in [0, 0.05) is 19.1 Å². The fourth-order valence-corrected chi connectivity index (χ4v) is 3.47. The Hall–Kier alpha value is -0.510. The van der Waals surface area contributed by atoms with Gasteiger partial charge in [0.25, 0.3) is 0 Å². The summed E-state index contributed by atoms with van der Waals surface area (Å²) in [6.07, 6.45) is 4.84. The van der Waals surface area contributed by atoms with Crippen LogP contribution in [0, 0.1) is 0 Å². The maximum Gasteiger partial charge on any atom is 0.0535 e. The minimum Gasteiger partial charge on any atom is -0.305 e. The lowest BCUT2D eigenvalue weighted by Crippen LogP contribution is -2.60. The van der Waals surface area contributed by atoms with Gasteiger partial charge in [0.1, 0.15) is 0 Å². The van der Waals surface area contributed by atoms with E-state index >= 15 is 0 Å². The van der Waals surface area contributed by atoms with Crippen molar-refractivity contribution in [1.29, 1.82) is 0 Å². The van der Waals surface area contributed by atoms with Crippen LogP contribution in [0.4, 0.5) is 0 Å². The van der Waals surface area contributed by atoms with Crippen molar-refractivity contribution in [2.45, 2.75) is 38.3 Å². The molecule has 2 nitrogen and oxygen atoms in total. The minimum absolute atomic E-state index is 0.0906. The molecular formula is C17H28N2S. The standard InChI is InChI=1S/C17H28N2S/c1-15-13-18-17(2,16-9-5-4-6-10-16)14-19(15)11-7-8-12-20-3/h4-6,9-10,15,18H,7-8,11-14H2,1-3H3. The Morgan fingerprint density at radius 3 is 2.75 bits per heavy atom. The highest BCUT2D eigenvalue weighted by Gasteiger charge is 2.34. The zero-order chi connectivity index (χ0) is 14.4. The molecule has 1 aromatic rings. The van der Waals surface area contributed by atoms with Crippen LogP contribution in [-0.2, 0) is 5.54 Å². The second-order valence-electron chi connectivity index (χ2n) is 6.10. The molecule has 112 valence electrons. The summed E-state index contributed by atoms with van der Waals surface area (Å²) >= 11 is 1.95. The third-order valence-electron chi connectivity index (χ3n) is 4.39. The Balaban J connectivity index is 1.96. The molecule has 0 aromatic heterocycles. The van der Waals surface area contributed by atoms with Gasteiger partial charge in [0.15, 0.2) is 0 Å². The van der Waals surface area contributed by atoms with Crippen LogP contribution < -0.4 is 5.32 Å². The number of benzene rings is 1. The number of rotatable bonds is 6. The molecule has 0 bridgehead atoms. The van der Waals surface area contributed by atoms with Crippen LogP contribution in [0.5, 0.6) is 0 Å². The molecule has 1 heterocycles. The fraction of sp³-hybridized carbons (Fsp3) is 0.647. The van der Waals surface area contributed by atoms with Crippen LogP contribution in [0.15, 0.2) is 30.3 Å². The first-order chi connectivity index (χ1) is 9.65. The van der Waals surface area contributed by atoms with Gasteiger partial charge in [-0.15, -0.1) is 0 Å². The van der Waals surface area contributed by atoms with E-state index in [1.165, 1.54) is 30.7 Å². The third-order valence-corrected chi connectivity index (χ3v) is 5.08. The average Bonchev–Trinajstić information content (AvgIpc) is 2.48. The molecule has 20 heavy (non-hydrogen) atoms. The summed E-state index contributed by atoms with van der Waals surface area (Å²) in [4.78, 5) is 2.66. The fourth-order valence-electron chi connectivity index (χ4n) is 2.98. The van der Waals surface area contributed by atoms with Gasteiger partial charge in [-0.05, 0) is 50.8 Å². The van der Waals surface area contributed by atoms with E-state index in [1.54, 1.807) is 0 Å². The first-order valence-corrected chi connectivity index (χ1v) is 9.08. The molecule has 1 aromatic carbocycles. The maximum absolute atomic E-state index is 3.75. The van der Waals surface area contributed by atoms with E-state index in [-0.39, 0.29) is 5.54 Å². The Bertz CT molecular complexity index is 395. The molecule has 2 unspecified atom stereocenters. The van der Waals surface area contributed by atoms with E-state index in [1.807, 2.05) is 11.8 Å². The lowest BCUT2D eigenvalue weighted by atomic mass is 9.88. The third kappa shape index (κ3) is 4.00. The summed E-state index contributed by atoms with van der Waals surface area (Å²) in [6, 6.07) is 11.5. The number of nitrogens with one attached hydrogen (secondary N) is 1. The highest BCUT2D eigenvalue weighted by Crippen LogP contribution is 2.26. The molecule has 0 amide bonds. The molecule has 1 aliphatic heterocycles. The lowest BCUT2D eigenvalue weighted by Gasteiger charge is -2.45. The number of unbranched alkanes of at least 4 members (excludes halogenated alkanes) is 1. The second-order valence-corrected chi connectivity index (χ2v) is 7.08. The van der Waals surface area contributed by atoms with Crippen LogP contribution in [-0.4, -0.2) is 42.6 Å². The molecule has 1 N–H and O–H groups in total. The largest absolute Gasteiger partial charge is 0.305 e. The van der Waals surface area contributed by atoms with E-state index in [0.717, 1.165) is 13.1 Å². The number of nitrogens with zero attached hydrogens (tertiary/aromatic N) is 1. The Labute approximate surface area is 128 Å². The molecule has 3 heteroatoms. The normalized spacial score (nSPS) is 27.6. The number of thioether (sulfide) groups is 1. The van der Waals surface area contributed by atoms with Crippen LogP contribution in [0.25, 0.3) is 0 Å². The molecule has 0 radical (unpaired) electrons. The summed E-state index contributed by atoms with van der Waals surface area (Å²) in [5, 5.41) is 3.75. The topological polar surface area (TPSA) is 15.3 Å². The van der Waals surface area contributed by atoms with Crippen molar-refractivity contribution in [3.8, 4) is 0 Å². The molecule has 1 aliphatic rings. The quantitative estimate of drug-likeness (QED) is 0.810. The Kier molecular flexibility index (Phi) is 5.94. The number of hydrogen-bond acceptors (Lipinski definition) is 3. The van der Waals surface area contributed by atoms with E-state index in [2.05, 4.69) is 60.7 Å². The second kappa shape index (κ2) is 7.48. The highest BCUT2D eigenvalue weighted by atomic mass is 32.2. The van der Waals surface area contributed by atoms with Gasteiger partial charge in [-0.25, -0.2) is 0 Å². The monoisotopic (exact) mass is 292 g/mol. The van der Waals surface area contributed by atoms with E-state index in [9.17, 15) is 0 Å². The number of piperazine rings is 1. The van der Waals surface area contributed by atoms with Gasteiger partial charge in [-0.1, -0.05) is 30.3 Å². The summed E-state index contributed by atoms with van der Waals surface area (Å²) in [5.41, 5.74) is 1.49. The minimum atomic E-state index is 0.0906. The highest BCUT2D eigenvalue weighted by molar-refractivity contribution is 7.98. The van der Waals surface area contributed by atoms with Crippen LogP contribution in [0.2, 0.25) is 0 Å². The van der Waals surface area contributed by atoms with Crippen LogP contribution >= 0.6 is 11.8 Å². The summed E-state index contributed by atoms with van der Waals surface area (Å²) in [7, 11) is 0. The predicted molar refractivity (Wildman–Crippen MR) is 90.4 cm³/mol. The Morgan fingerprint density at radius 2 is 2.05 bits per heavy atom. The van der Waals surface area contributed by atoms with Gasteiger partial charge in [-0.2, -0.15) is 11.8 Å². The molecule has 0 saturated carbocycles. The summed E-state index contributed by atoms with van der Waals surface area (Å²) in [6.45, 7) is 8.09. The predicted octanol–water partition coefficient (Wildman–Crippen LogP) is 3.34. The molecule has 1 fully saturated rings. The zero-order valence-electron chi connectivity index (χ0n) is 13.1. The lowest BCUT2D eigenvalue weighted by molar-refractivity contribution is 0.0934. The Morgan fingerprint density at radius 1 is 1.30 bits per heavy atom. The van der Waals surface area contributed by atoms with Gasteiger partial charge >= 0.3 is 0 Å².